The highest BCUT2D eigenvalue weighted by Gasteiger charge is 2.19. The van der Waals surface area contributed by atoms with Crippen molar-refractivity contribution in [1.29, 1.82) is 0 Å². The third kappa shape index (κ3) is 4.21. The second-order valence-corrected chi connectivity index (χ2v) is 16.2. The molecule has 270 valence electrons. The van der Waals surface area contributed by atoms with E-state index in [9.17, 15) is 0 Å². The summed E-state index contributed by atoms with van der Waals surface area (Å²) in [7, 11) is 2.22. The Balaban J connectivity index is 1.11. The van der Waals surface area contributed by atoms with Crippen LogP contribution < -0.4 is 0 Å². The summed E-state index contributed by atoms with van der Waals surface area (Å²) in [5.41, 5.74) is 9.90. The minimum Gasteiger partial charge on any atom is -0.343 e. The van der Waals surface area contributed by atoms with Gasteiger partial charge in [0.15, 0.2) is 0 Å². The van der Waals surface area contributed by atoms with Crippen LogP contribution in [-0.4, -0.2) is 9.13 Å². The molecule has 0 atom stereocenters. The average molecular weight is 737 g/mol. The maximum atomic E-state index is 2.47. The molecule has 0 spiro atoms. The molecule has 2 aromatic heterocycles. The van der Waals surface area contributed by atoms with Crippen molar-refractivity contribution in [2.75, 3.05) is 0 Å². The molecule has 0 aliphatic rings. The minimum absolute atomic E-state index is 1.19. The molecule has 0 aliphatic heterocycles. The minimum atomic E-state index is 1.19. The lowest BCUT2D eigenvalue weighted by atomic mass is 9.89. The van der Waals surface area contributed by atoms with Gasteiger partial charge in [0.05, 0.1) is 16.6 Å². The highest BCUT2D eigenvalue weighted by Crippen LogP contribution is 2.45. The highest BCUT2D eigenvalue weighted by molar-refractivity contribution is 6.34. The van der Waals surface area contributed by atoms with Gasteiger partial charge in [-0.3, -0.25) is 0 Å². The molecule has 0 saturated carbocycles. The summed E-state index contributed by atoms with van der Waals surface area (Å²) < 4.78 is 4.84. The van der Waals surface area contributed by atoms with Gasteiger partial charge in [0.2, 0.25) is 0 Å². The van der Waals surface area contributed by atoms with Crippen LogP contribution in [0.15, 0.2) is 182 Å². The normalized spacial score (nSPS) is 12.3. The molecule has 0 saturated heterocycles. The number of hydrogen-bond donors (Lipinski definition) is 0. The smallest absolute Gasteiger partial charge is 0.0574 e. The Morgan fingerprint density at radius 1 is 0.310 bits per heavy atom. The first kappa shape index (κ1) is 31.7. The number of aromatic nitrogens is 2. The maximum absolute atomic E-state index is 2.47. The maximum Gasteiger partial charge on any atom is 0.0574 e. The van der Waals surface area contributed by atoms with E-state index in [2.05, 4.69) is 205 Å². The van der Waals surface area contributed by atoms with Crippen molar-refractivity contribution < 1.29 is 0 Å². The lowest BCUT2D eigenvalue weighted by Gasteiger charge is -2.15. The molecule has 11 aromatic carbocycles. The Labute approximate surface area is 334 Å². The molecule has 13 rings (SSSR count). The van der Waals surface area contributed by atoms with Gasteiger partial charge in [-0.25, -0.2) is 0 Å². The first-order chi connectivity index (χ1) is 28.6. The summed E-state index contributed by atoms with van der Waals surface area (Å²) in [6.07, 6.45) is 0. The van der Waals surface area contributed by atoms with Crippen molar-refractivity contribution in [3.05, 3.63) is 188 Å². The van der Waals surface area contributed by atoms with Crippen molar-refractivity contribution in [2.45, 2.75) is 6.92 Å². The van der Waals surface area contributed by atoms with Crippen molar-refractivity contribution in [3.8, 4) is 16.8 Å². The first-order valence-electron chi connectivity index (χ1n) is 20.2. The zero-order valence-corrected chi connectivity index (χ0v) is 32.2. The second kappa shape index (κ2) is 11.6. The van der Waals surface area contributed by atoms with Crippen LogP contribution in [0.1, 0.15) is 5.56 Å². The van der Waals surface area contributed by atoms with Gasteiger partial charge in [0.1, 0.15) is 0 Å². The van der Waals surface area contributed by atoms with E-state index in [4.69, 9.17) is 0 Å². The van der Waals surface area contributed by atoms with Gasteiger partial charge in [0.25, 0.3) is 0 Å². The van der Waals surface area contributed by atoms with Crippen molar-refractivity contribution in [2.24, 2.45) is 7.05 Å². The number of benzene rings is 11. The highest BCUT2D eigenvalue weighted by atomic mass is 15.0. The summed E-state index contributed by atoms with van der Waals surface area (Å²) in [4.78, 5) is 0. The number of fused-ring (bicyclic) bond motifs is 19. The van der Waals surface area contributed by atoms with Crippen molar-refractivity contribution in [3.63, 3.8) is 0 Å². The molecule has 0 unspecified atom stereocenters. The van der Waals surface area contributed by atoms with E-state index >= 15 is 0 Å². The Bertz CT molecular complexity index is 3930. The van der Waals surface area contributed by atoms with Gasteiger partial charge in [-0.1, -0.05) is 133 Å². The fraction of sp³-hybridized carbons (Fsp3) is 0.0357. The lowest BCUT2D eigenvalue weighted by Crippen LogP contribution is -1.94. The third-order valence-corrected chi connectivity index (χ3v) is 13.1. The number of nitrogens with zero attached hydrogens (tertiary/aromatic N) is 2. The molecule has 2 heterocycles. The van der Waals surface area contributed by atoms with E-state index in [1.165, 1.54) is 131 Å². The predicted octanol–water partition coefficient (Wildman–Crippen LogP) is 15.3. The molecule has 13 aromatic rings. The SMILES string of the molecule is Cc1cccc(-n2c3ccccc3c3cc4c5cc(-c6ccc7c(c6)c6ccccc6c6ccc8c9ccccc9n(C)c8c67)ccc5c5ccccc5c4cc32)c1. The Morgan fingerprint density at radius 3 is 1.50 bits per heavy atom. The number of rotatable bonds is 2. The molecule has 0 N–H and O–H groups in total. The van der Waals surface area contributed by atoms with Gasteiger partial charge in [-0.15, -0.1) is 0 Å². The van der Waals surface area contributed by atoms with Crippen LogP contribution in [0.25, 0.3) is 125 Å². The number of para-hydroxylation sites is 2. The molecule has 58 heavy (non-hydrogen) atoms. The van der Waals surface area contributed by atoms with E-state index in [1.54, 1.807) is 0 Å². The van der Waals surface area contributed by atoms with Gasteiger partial charge in [-0.05, 0) is 131 Å². The molecule has 0 radical (unpaired) electrons. The van der Waals surface area contributed by atoms with Gasteiger partial charge >= 0.3 is 0 Å². The van der Waals surface area contributed by atoms with Crippen molar-refractivity contribution in [1.82, 2.24) is 9.13 Å². The molecule has 0 amide bonds. The molecule has 0 fully saturated rings. The molecular weight excluding hydrogens is 701 g/mol. The Kier molecular flexibility index (Phi) is 6.33. The Hall–Kier alpha value is -7.42. The topological polar surface area (TPSA) is 9.86 Å². The largest absolute Gasteiger partial charge is 0.343 e. The van der Waals surface area contributed by atoms with E-state index < -0.39 is 0 Å². The van der Waals surface area contributed by atoms with Crippen LogP contribution in [0.2, 0.25) is 0 Å². The van der Waals surface area contributed by atoms with Crippen LogP contribution in [0.3, 0.4) is 0 Å². The molecule has 2 heteroatoms. The summed E-state index contributed by atoms with van der Waals surface area (Å²) >= 11 is 0. The van der Waals surface area contributed by atoms with E-state index in [-0.39, 0.29) is 0 Å². The first-order valence-corrected chi connectivity index (χ1v) is 20.2. The molecular formula is C56H36N2. The summed E-state index contributed by atoms with van der Waals surface area (Å²) in [6.45, 7) is 2.17. The van der Waals surface area contributed by atoms with Gasteiger partial charge in [-0.2, -0.15) is 0 Å². The quantitative estimate of drug-likeness (QED) is 0.156. The van der Waals surface area contributed by atoms with Crippen molar-refractivity contribution >= 4 is 108 Å². The standard InChI is InChI=1S/C56H36N2/c1-33-12-11-13-36(28-33)58-53-21-10-8-19-43(53)51-31-49-48-30-34(22-24-41(48)37-14-3-5-16-39(37)50(49)32-54(51)58)35-23-25-45-47(29-35)40-17-6-4-15-38(40)44-26-27-46-42-18-7-9-20-52(42)57(2)56(46)55(44)45/h3-32H,1-2H3. The predicted molar refractivity (Wildman–Crippen MR) is 250 cm³/mol. The van der Waals surface area contributed by atoms with Crippen LogP contribution in [0.4, 0.5) is 0 Å². The summed E-state index contributed by atoms with van der Waals surface area (Å²) in [5.74, 6) is 0. The number of aryl methyl sites for hydroxylation is 2. The molecule has 2 nitrogen and oxygen atoms in total. The van der Waals surface area contributed by atoms with E-state index in [1.807, 2.05) is 0 Å². The second-order valence-electron chi connectivity index (χ2n) is 16.2. The van der Waals surface area contributed by atoms with Gasteiger partial charge in [0, 0.05) is 45.2 Å². The van der Waals surface area contributed by atoms with Crippen LogP contribution in [-0.2, 0) is 7.05 Å². The zero-order valence-electron chi connectivity index (χ0n) is 32.2. The fourth-order valence-corrected chi connectivity index (χ4v) is 10.5. The van der Waals surface area contributed by atoms with Crippen LogP contribution in [0, 0.1) is 6.92 Å². The van der Waals surface area contributed by atoms with E-state index in [0.717, 1.165) is 0 Å². The third-order valence-electron chi connectivity index (χ3n) is 13.1. The molecule has 0 aliphatic carbocycles. The van der Waals surface area contributed by atoms with Crippen LogP contribution in [0.5, 0.6) is 0 Å². The fourth-order valence-electron chi connectivity index (χ4n) is 10.5. The molecule has 0 bridgehead atoms. The lowest BCUT2D eigenvalue weighted by molar-refractivity contribution is 1.02. The average Bonchev–Trinajstić information content (AvgIpc) is 3.76. The summed E-state index contributed by atoms with van der Waals surface area (Å²) in [6, 6.07) is 68.3. The van der Waals surface area contributed by atoms with E-state index in [0.29, 0.717) is 0 Å². The Morgan fingerprint density at radius 2 is 0.793 bits per heavy atom. The number of hydrogen-bond acceptors (Lipinski definition) is 0. The summed E-state index contributed by atoms with van der Waals surface area (Å²) in [5, 5.41) is 20.6. The zero-order chi connectivity index (χ0) is 38.2. The van der Waals surface area contributed by atoms with Gasteiger partial charge < -0.3 is 9.13 Å². The monoisotopic (exact) mass is 736 g/mol. The van der Waals surface area contributed by atoms with Crippen LogP contribution >= 0.6 is 0 Å².